The summed E-state index contributed by atoms with van der Waals surface area (Å²) in [5, 5.41) is 10.9. The zero-order chi connectivity index (χ0) is 18.1. The van der Waals surface area contributed by atoms with E-state index in [1.807, 2.05) is 67.6 Å². The predicted octanol–water partition coefficient (Wildman–Crippen LogP) is 5.28. The van der Waals surface area contributed by atoms with Crippen molar-refractivity contribution in [3.8, 4) is 5.75 Å². The second-order valence-corrected chi connectivity index (χ2v) is 6.36. The average Bonchev–Trinajstić information content (AvgIpc) is 2.69. The molecule has 4 rings (SSSR count). The van der Waals surface area contributed by atoms with Crippen LogP contribution in [-0.2, 0) is 0 Å². The van der Waals surface area contributed by atoms with Crippen LogP contribution in [-0.4, -0.2) is 10.9 Å². The molecule has 1 atom stereocenters. The van der Waals surface area contributed by atoms with Crippen LogP contribution in [0.4, 0.5) is 0 Å². The maximum absolute atomic E-state index is 13.2. The van der Waals surface area contributed by atoms with E-state index in [0.29, 0.717) is 16.9 Å². The SMILES string of the molecule is Cc1ccc(C(O)=C2C(=O)c3ccccc3O[C@@H]2c2ccccc2)cc1. The van der Waals surface area contributed by atoms with Crippen LogP contribution < -0.4 is 4.74 Å². The molecule has 3 heteroatoms. The molecule has 0 saturated heterocycles. The number of ether oxygens (including phenoxy) is 1. The lowest BCUT2D eigenvalue weighted by Gasteiger charge is -2.28. The molecule has 26 heavy (non-hydrogen) atoms. The van der Waals surface area contributed by atoms with Crippen LogP contribution in [0, 0.1) is 6.92 Å². The van der Waals surface area contributed by atoms with Crippen LogP contribution in [0.1, 0.15) is 33.2 Å². The van der Waals surface area contributed by atoms with Crippen molar-refractivity contribution in [3.05, 3.63) is 107 Å². The zero-order valence-electron chi connectivity index (χ0n) is 14.3. The standard InChI is InChI=1S/C23H18O3/c1-15-11-13-16(14-12-15)21(24)20-22(25)18-9-5-6-10-19(18)26-23(20)17-7-3-2-4-8-17/h2-14,23-24H,1H3/t23-/m1/s1. The fourth-order valence-electron chi connectivity index (χ4n) is 3.17. The van der Waals surface area contributed by atoms with Gasteiger partial charge in [0, 0.05) is 5.56 Å². The number of rotatable bonds is 2. The number of fused-ring (bicyclic) bond motifs is 1. The predicted molar refractivity (Wildman–Crippen MR) is 101 cm³/mol. The van der Waals surface area contributed by atoms with E-state index in [-0.39, 0.29) is 17.1 Å². The number of aliphatic hydroxyl groups is 1. The lowest BCUT2D eigenvalue weighted by molar-refractivity contribution is 0.0958. The van der Waals surface area contributed by atoms with E-state index in [1.54, 1.807) is 18.2 Å². The normalized spacial score (nSPS) is 18.0. The molecule has 0 fully saturated rings. The van der Waals surface area contributed by atoms with E-state index in [1.165, 1.54) is 0 Å². The van der Waals surface area contributed by atoms with Gasteiger partial charge in [0.25, 0.3) is 0 Å². The minimum absolute atomic E-state index is 0.0432. The van der Waals surface area contributed by atoms with E-state index in [9.17, 15) is 9.90 Å². The summed E-state index contributed by atoms with van der Waals surface area (Å²) in [7, 11) is 0. The third-order valence-electron chi connectivity index (χ3n) is 4.57. The Bertz CT molecular complexity index is 985. The van der Waals surface area contributed by atoms with Crippen LogP contribution in [0.3, 0.4) is 0 Å². The molecule has 0 aliphatic carbocycles. The van der Waals surface area contributed by atoms with Gasteiger partial charge in [0.2, 0.25) is 5.78 Å². The maximum Gasteiger partial charge on any atom is 0.200 e. The van der Waals surface area contributed by atoms with Crippen molar-refractivity contribution in [3.63, 3.8) is 0 Å². The highest BCUT2D eigenvalue weighted by atomic mass is 16.5. The molecule has 0 aromatic heterocycles. The van der Waals surface area contributed by atoms with Gasteiger partial charge >= 0.3 is 0 Å². The second-order valence-electron chi connectivity index (χ2n) is 6.36. The molecule has 1 aliphatic rings. The van der Waals surface area contributed by atoms with Crippen LogP contribution >= 0.6 is 0 Å². The Kier molecular flexibility index (Phi) is 4.05. The molecule has 3 nitrogen and oxygen atoms in total. The van der Waals surface area contributed by atoms with Crippen LogP contribution in [0.2, 0.25) is 0 Å². The number of para-hydroxylation sites is 1. The Morgan fingerprint density at radius 1 is 0.885 bits per heavy atom. The average molecular weight is 342 g/mol. The summed E-state index contributed by atoms with van der Waals surface area (Å²) >= 11 is 0. The molecule has 1 aliphatic heterocycles. The summed E-state index contributed by atoms with van der Waals surface area (Å²) in [5.74, 6) is 0.281. The van der Waals surface area contributed by atoms with Crippen molar-refractivity contribution < 1.29 is 14.6 Å². The minimum Gasteiger partial charge on any atom is -0.507 e. The highest BCUT2D eigenvalue weighted by Gasteiger charge is 2.35. The maximum atomic E-state index is 13.2. The van der Waals surface area contributed by atoms with Gasteiger partial charge in [-0.05, 0) is 24.6 Å². The van der Waals surface area contributed by atoms with E-state index in [4.69, 9.17) is 4.74 Å². The van der Waals surface area contributed by atoms with Crippen LogP contribution in [0.5, 0.6) is 5.75 Å². The van der Waals surface area contributed by atoms with Crippen molar-refractivity contribution in [2.24, 2.45) is 0 Å². The summed E-state index contributed by atoms with van der Waals surface area (Å²) in [4.78, 5) is 13.2. The molecular formula is C23H18O3. The first-order valence-corrected chi connectivity index (χ1v) is 8.50. The molecule has 0 radical (unpaired) electrons. The van der Waals surface area contributed by atoms with Crippen LogP contribution in [0.15, 0.2) is 84.4 Å². The molecule has 0 amide bonds. The van der Waals surface area contributed by atoms with E-state index in [0.717, 1.165) is 11.1 Å². The summed E-state index contributed by atoms with van der Waals surface area (Å²) in [6.07, 6.45) is -0.653. The molecule has 0 spiro atoms. The third kappa shape index (κ3) is 2.78. The topological polar surface area (TPSA) is 46.5 Å². The van der Waals surface area contributed by atoms with Gasteiger partial charge in [0.05, 0.1) is 11.1 Å². The Morgan fingerprint density at radius 2 is 1.54 bits per heavy atom. The fraction of sp³-hybridized carbons (Fsp3) is 0.0870. The first kappa shape index (κ1) is 16.2. The number of hydrogen-bond acceptors (Lipinski definition) is 3. The Morgan fingerprint density at radius 3 is 2.27 bits per heavy atom. The monoisotopic (exact) mass is 342 g/mol. The van der Waals surface area contributed by atoms with Gasteiger partial charge in [-0.25, -0.2) is 0 Å². The lowest BCUT2D eigenvalue weighted by atomic mass is 9.88. The zero-order valence-corrected chi connectivity index (χ0v) is 14.3. The van der Waals surface area contributed by atoms with Gasteiger partial charge in [-0.1, -0.05) is 72.3 Å². The quantitative estimate of drug-likeness (QED) is 0.509. The fourth-order valence-corrected chi connectivity index (χ4v) is 3.17. The Balaban J connectivity index is 1.92. The molecule has 0 unspecified atom stereocenters. The molecule has 0 bridgehead atoms. The first-order chi connectivity index (χ1) is 12.6. The Labute approximate surface area is 152 Å². The first-order valence-electron chi connectivity index (χ1n) is 8.50. The highest BCUT2D eigenvalue weighted by Crippen LogP contribution is 2.40. The van der Waals surface area contributed by atoms with Crippen molar-refractivity contribution in [1.82, 2.24) is 0 Å². The van der Waals surface area contributed by atoms with Gasteiger partial charge < -0.3 is 9.84 Å². The van der Waals surface area contributed by atoms with Crippen LogP contribution in [0.25, 0.3) is 5.76 Å². The number of carbonyl (C=O) groups is 1. The summed E-state index contributed by atoms with van der Waals surface area (Å²) in [5.41, 5.74) is 3.24. The number of Topliss-reactive ketones (excluding diaryl/α,β-unsaturated/α-hetero) is 1. The molecule has 1 N–H and O–H groups in total. The molecule has 3 aromatic carbocycles. The summed E-state index contributed by atoms with van der Waals surface area (Å²) in [6, 6.07) is 24.1. The largest absolute Gasteiger partial charge is 0.507 e. The number of benzene rings is 3. The molecule has 1 heterocycles. The van der Waals surface area contributed by atoms with Gasteiger partial charge in [0.1, 0.15) is 11.5 Å². The Hall–Kier alpha value is -3.33. The van der Waals surface area contributed by atoms with E-state index >= 15 is 0 Å². The van der Waals surface area contributed by atoms with Crippen molar-refractivity contribution in [2.75, 3.05) is 0 Å². The molecule has 128 valence electrons. The lowest BCUT2D eigenvalue weighted by Crippen LogP contribution is -2.25. The van der Waals surface area contributed by atoms with Crippen molar-refractivity contribution >= 4 is 11.5 Å². The smallest absolute Gasteiger partial charge is 0.200 e. The van der Waals surface area contributed by atoms with Gasteiger partial charge in [-0.15, -0.1) is 0 Å². The van der Waals surface area contributed by atoms with E-state index < -0.39 is 6.10 Å². The summed E-state index contributed by atoms with van der Waals surface area (Å²) in [6.45, 7) is 1.98. The number of hydrogen-bond donors (Lipinski definition) is 1. The van der Waals surface area contributed by atoms with Crippen molar-refractivity contribution in [2.45, 2.75) is 13.0 Å². The molecular weight excluding hydrogens is 324 g/mol. The van der Waals surface area contributed by atoms with Crippen molar-refractivity contribution in [1.29, 1.82) is 0 Å². The minimum atomic E-state index is -0.653. The summed E-state index contributed by atoms with van der Waals surface area (Å²) < 4.78 is 6.13. The number of aliphatic hydroxyl groups excluding tert-OH is 1. The van der Waals surface area contributed by atoms with Gasteiger partial charge in [0.15, 0.2) is 6.10 Å². The number of ketones is 1. The van der Waals surface area contributed by atoms with Gasteiger partial charge in [-0.3, -0.25) is 4.79 Å². The highest BCUT2D eigenvalue weighted by molar-refractivity contribution is 6.15. The number of carbonyl (C=O) groups excluding carboxylic acids is 1. The molecule has 0 saturated carbocycles. The third-order valence-corrected chi connectivity index (χ3v) is 4.57. The second kappa shape index (κ2) is 6.52. The van der Waals surface area contributed by atoms with Gasteiger partial charge in [-0.2, -0.15) is 0 Å². The molecule has 3 aromatic rings. The van der Waals surface area contributed by atoms with E-state index in [2.05, 4.69) is 0 Å². The number of aryl methyl sites for hydroxylation is 1.